The molecule has 0 aliphatic carbocycles. The van der Waals surface area contributed by atoms with Crippen molar-refractivity contribution in [2.75, 3.05) is 7.11 Å². The molecule has 0 fully saturated rings. The van der Waals surface area contributed by atoms with E-state index >= 15 is 0 Å². The summed E-state index contributed by atoms with van der Waals surface area (Å²) in [6, 6.07) is 6.75. The molecule has 1 rings (SSSR count). The maximum Gasteiger partial charge on any atom is 0.336 e. The van der Waals surface area contributed by atoms with Gasteiger partial charge in [0.05, 0.1) is 12.7 Å². The summed E-state index contributed by atoms with van der Waals surface area (Å²) in [4.78, 5) is 20.7. The fourth-order valence-corrected chi connectivity index (χ4v) is 1.04. The molecule has 1 aromatic carbocycles. The summed E-state index contributed by atoms with van der Waals surface area (Å²) >= 11 is 0. The van der Waals surface area contributed by atoms with Gasteiger partial charge in [-0.3, -0.25) is 0 Å². The first kappa shape index (κ1) is 15.6. The van der Waals surface area contributed by atoms with Crippen LogP contribution < -0.4 is 0 Å². The molecule has 0 aliphatic rings. The highest BCUT2D eigenvalue weighted by atomic mass is 16.5. The lowest BCUT2D eigenvalue weighted by molar-refractivity contribution is -0.136. The number of carbonyl (C=O) groups excluding carboxylic acids is 1. The Morgan fingerprint density at radius 3 is 2.17 bits per heavy atom. The summed E-state index contributed by atoms with van der Waals surface area (Å²) in [5.74, 6) is -1.26. The highest BCUT2D eigenvalue weighted by molar-refractivity contribution is 5.91. The van der Waals surface area contributed by atoms with Gasteiger partial charge in [-0.15, -0.1) is 0 Å². The first-order valence-corrected chi connectivity index (χ1v) is 5.12. The van der Waals surface area contributed by atoms with Gasteiger partial charge in [0.15, 0.2) is 0 Å². The van der Waals surface area contributed by atoms with Crippen LogP contribution in [0.25, 0.3) is 6.08 Å². The highest BCUT2D eigenvalue weighted by Crippen LogP contribution is 2.08. The van der Waals surface area contributed by atoms with Crippen LogP contribution in [-0.4, -0.2) is 24.2 Å². The van der Waals surface area contributed by atoms with Crippen molar-refractivity contribution in [3.05, 3.63) is 54.1 Å². The van der Waals surface area contributed by atoms with Crippen LogP contribution in [0, 0.1) is 0 Å². The van der Waals surface area contributed by atoms with E-state index in [4.69, 9.17) is 5.11 Å². The van der Waals surface area contributed by atoms with Gasteiger partial charge in [0.25, 0.3) is 0 Å². The Kier molecular flexibility index (Phi) is 6.81. The van der Waals surface area contributed by atoms with Crippen molar-refractivity contribution in [2.45, 2.75) is 6.92 Å². The minimum atomic E-state index is -0.916. The number of ether oxygens (including phenoxy) is 1. The molecule has 0 aliphatic heterocycles. The molecule has 0 unspecified atom stereocenters. The molecule has 0 saturated carbocycles. The standard InChI is InChI=1S/C9H8O2.C5H8O2/c1-2-7-5-3-4-6-8(7)9(10)11;1-4(2)5(6)7-3/h2-6H,1H2,(H,10,11);1H2,2-3H3. The lowest BCUT2D eigenvalue weighted by Gasteiger charge is -1.97. The molecule has 4 heteroatoms. The molecule has 0 aromatic heterocycles. The third kappa shape index (κ3) is 5.12. The Balaban J connectivity index is 0.000000360. The van der Waals surface area contributed by atoms with E-state index in [1.165, 1.54) is 13.2 Å². The van der Waals surface area contributed by atoms with Crippen molar-refractivity contribution in [3.63, 3.8) is 0 Å². The summed E-state index contributed by atoms with van der Waals surface area (Å²) in [5, 5.41) is 8.65. The maximum absolute atomic E-state index is 10.5. The zero-order valence-corrected chi connectivity index (χ0v) is 10.5. The normalized spacial score (nSPS) is 8.56. The molecule has 1 N–H and O–H groups in total. The number of carboxylic acid groups (broad SMARTS) is 1. The van der Waals surface area contributed by atoms with Crippen molar-refractivity contribution in [2.24, 2.45) is 0 Å². The Morgan fingerprint density at radius 1 is 1.33 bits per heavy atom. The number of benzene rings is 1. The fraction of sp³-hybridized carbons (Fsp3) is 0.143. The average molecular weight is 248 g/mol. The molecular formula is C14H16O4. The number of hydrogen-bond donors (Lipinski definition) is 1. The minimum Gasteiger partial charge on any atom is -0.478 e. The largest absolute Gasteiger partial charge is 0.478 e. The third-order valence-corrected chi connectivity index (χ3v) is 1.94. The van der Waals surface area contributed by atoms with Crippen LogP contribution in [0.4, 0.5) is 0 Å². The van der Waals surface area contributed by atoms with E-state index in [-0.39, 0.29) is 5.97 Å². The van der Waals surface area contributed by atoms with Gasteiger partial charge in [-0.1, -0.05) is 37.4 Å². The van der Waals surface area contributed by atoms with Gasteiger partial charge in [0, 0.05) is 5.57 Å². The molecule has 0 saturated heterocycles. The molecule has 0 radical (unpaired) electrons. The van der Waals surface area contributed by atoms with E-state index in [2.05, 4.69) is 17.9 Å². The molecule has 0 bridgehead atoms. The van der Waals surface area contributed by atoms with Crippen molar-refractivity contribution >= 4 is 18.0 Å². The Morgan fingerprint density at radius 2 is 1.89 bits per heavy atom. The maximum atomic E-state index is 10.5. The molecular weight excluding hydrogens is 232 g/mol. The van der Waals surface area contributed by atoms with E-state index < -0.39 is 5.97 Å². The molecule has 4 nitrogen and oxygen atoms in total. The number of methoxy groups -OCH3 is 1. The number of carboxylic acids is 1. The summed E-state index contributed by atoms with van der Waals surface area (Å²) in [6.45, 7) is 8.46. The number of esters is 1. The molecule has 18 heavy (non-hydrogen) atoms. The molecule has 0 heterocycles. The van der Waals surface area contributed by atoms with E-state index in [9.17, 15) is 9.59 Å². The first-order valence-electron chi connectivity index (χ1n) is 5.12. The van der Waals surface area contributed by atoms with Crippen molar-refractivity contribution in [3.8, 4) is 0 Å². The second-order valence-electron chi connectivity index (χ2n) is 3.37. The number of carbonyl (C=O) groups is 2. The van der Waals surface area contributed by atoms with Crippen LogP contribution in [0.2, 0.25) is 0 Å². The zero-order valence-electron chi connectivity index (χ0n) is 10.5. The first-order chi connectivity index (χ1) is 8.43. The average Bonchev–Trinajstić information content (AvgIpc) is 2.38. The molecule has 0 atom stereocenters. The van der Waals surface area contributed by atoms with E-state index in [0.29, 0.717) is 16.7 Å². The van der Waals surface area contributed by atoms with Crippen LogP contribution in [0.15, 0.2) is 43.0 Å². The predicted octanol–water partition coefficient (Wildman–Crippen LogP) is 2.76. The van der Waals surface area contributed by atoms with Gasteiger partial charge in [0.1, 0.15) is 0 Å². The second-order valence-corrected chi connectivity index (χ2v) is 3.37. The van der Waals surface area contributed by atoms with Gasteiger partial charge in [-0.2, -0.15) is 0 Å². The minimum absolute atomic E-state index is 0.294. The van der Waals surface area contributed by atoms with Crippen LogP contribution >= 0.6 is 0 Å². The predicted molar refractivity (Wildman–Crippen MR) is 70.3 cm³/mol. The monoisotopic (exact) mass is 248 g/mol. The van der Waals surface area contributed by atoms with Crippen molar-refractivity contribution < 1.29 is 19.4 Å². The van der Waals surface area contributed by atoms with Crippen LogP contribution in [0.1, 0.15) is 22.8 Å². The SMILES string of the molecule is C=C(C)C(=O)OC.C=Cc1ccccc1C(=O)O. The van der Waals surface area contributed by atoms with Crippen LogP contribution in [0.3, 0.4) is 0 Å². The van der Waals surface area contributed by atoms with Gasteiger partial charge in [-0.05, 0) is 18.6 Å². The van der Waals surface area contributed by atoms with Crippen molar-refractivity contribution in [1.82, 2.24) is 0 Å². The Hall–Kier alpha value is -2.36. The Labute approximate surface area is 106 Å². The topological polar surface area (TPSA) is 63.6 Å². The van der Waals surface area contributed by atoms with E-state index in [1.54, 1.807) is 31.2 Å². The van der Waals surface area contributed by atoms with Crippen LogP contribution in [-0.2, 0) is 9.53 Å². The van der Waals surface area contributed by atoms with Crippen LogP contribution in [0.5, 0.6) is 0 Å². The molecule has 0 spiro atoms. The summed E-state index contributed by atoms with van der Waals surface area (Å²) in [6.07, 6.45) is 1.53. The smallest absolute Gasteiger partial charge is 0.336 e. The zero-order chi connectivity index (χ0) is 14.1. The number of hydrogen-bond acceptors (Lipinski definition) is 3. The number of rotatable bonds is 3. The van der Waals surface area contributed by atoms with Gasteiger partial charge in [0.2, 0.25) is 0 Å². The molecule has 96 valence electrons. The molecule has 0 amide bonds. The lowest BCUT2D eigenvalue weighted by atomic mass is 10.1. The number of aromatic carboxylic acids is 1. The lowest BCUT2D eigenvalue weighted by Crippen LogP contribution is -1.98. The summed E-state index contributed by atoms with van der Waals surface area (Å²) in [7, 11) is 1.33. The van der Waals surface area contributed by atoms with Gasteiger partial charge < -0.3 is 9.84 Å². The van der Waals surface area contributed by atoms with Gasteiger partial charge in [-0.25, -0.2) is 9.59 Å². The Bertz CT molecular complexity index is 461. The second kappa shape index (κ2) is 7.84. The highest BCUT2D eigenvalue weighted by Gasteiger charge is 2.04. The fourth-order valence-electron chi connectivity index (χ4n) is 1.04. The quantitative estimate of drug-likeness (QED) is 0.660. The van der Waals surface area contributed by atoms with E-state index in [0.717, 1.165) is 0 Å². The molecule has 1 aromatic rings. The summed E-state index contributed by atoms with van der Waals surface area (Å²) < 4.78 is 4.27. The summed E-state index contributed by atoms with van der Waals surface area (Å²) in [5.41, 5.74) is 1.38. The van der Waals surface area contributed by atoms with E-state index in [1.807, 2.05) is 0 Å². The van der Waals surface area contributed by atoms with Gasteiger partial charge >= 0.3 is 11.9 Å². The third-order valence-electron chi connectivity index (χ3n) is 1.94. The van der Waals surface area contributed by atoms with Crippen molar-refractivity contribution in [1.29, 1.82) is 0 Å².